The van der Waals surface area contributed by atoms with Gasteiger partial charge in [0.1, 0.15) is 5.75 Å². The van der Waals surface area contributed by atoms with Crippen molar-refractivity contribution in [1.82, 2.24) is 0 Å². The first-order chi connectivity index (χ1) is 11.6. The van der Waals surface area contributed by atoms with E-state index in [0.717, 1.165) is 11.3 Å². The Morgan fingerprint density at radius 2 is 1.62 bits per heavy atom. The molecule has 2 aromatic carbocycles. The van der Waals surface area contributed by atoms with Gasteiger partial charge >= 0.3 is 0 Å². The van der Waals surface area contributed by atoms with Crippen LogP contribution in [0.15, 0.2) is 42.5 Å². The zero-order valence-electron chi connectivity index (χ0n) is 14.3. The van der Waals surface area contributed by atoms with Crippen LogP contribution < -0.4 is 19.5 Å². The van der Waals surface area contributed by atoms with Crippen molar-refractivity contribution in [3.05, 3.63) is 53.6 Å². The van der Waals surface area contributed by atoms with Crippen molar-refractivity contribution < 1.29 is 19.0 Å². The normalized spacial score (nSPS) is 10.5. The van der Waals surface area contributed by atoms with E-state index < -0.39 is 0 Å². The Labute approximate surface area is 141 Å². The SMILES string of the molecule is CNc1cccc(C(=O)C=Cc2cc(OC)c(OC)cc2OC)c1. The van der Waals surface area contributed by atoms with E-state index in [9.17, 15) is 4.79 Å². The molecule has 0 aliphatic rings. The Balaban J connectivity index is 2.31. The molecule has 2 aromatic rings. The molecule has 5 nitrogen and oxygen atoms in total. The summed E-state index contributed by atoms with van der Waals surface area (Å²) >= 11 is 0. The fraction of sp³-hybridized carbons (Fsp3) is 0.211. The summed E-state index contributed by atoms with van der Waals surface area (Å²) in [4.78, 5) is 12.4. The molecule has 0 saturated carbocycles. The van der Waals surface area contributed by atoms with Gasteiger partial charge in [-0.2, -0.15) is 0 Å². The van der Waals surface area contributed by atoms with E-state index in [4.69, 9.17) is 14.2 Å². The minimum absolute atomic E-state index is 0.0936. The number of rotatable bonds is 7. The van der Waals surface area contributed by atoms with Crippen LogP contribution in [0, 0.1) is 0 Å². The third-order valence-corrected chi connectivity index (χ3v) is 3.59. The minimum Gasteiger partial charge on any atom is -0.496 e. The number of ketones is 1. The van der Waals surface area contributed by atoms with Crippen molar-refractivity contribution in [2.75, 3.05) is 33.7 Å². The lowest BCUT2D eigenvalue weighted by Crippen LogP contribution is -1.97. The standard InChI is InChI=1S/C19H21NO4/c1-20-15-7-5-6-13(10-15)16(21)9-8-14-11-18(23-3)19(24-4)12-17(14)22-2/h5-12,20H,1-4H3. The molecule has 0 heterocycles. The average molecular weight is 327 g/mol. The number of hydrogen-bond donors (Lipinski definition) is 1. The van der Waals surface area contributed by atoms with Crippen LogP contribution in [0.1, 0.15) is 15.9 Å². The first-order valence-corrected chi connectivity index (χ1v) is 7.43. The molecule has 0 atom stereocenters. The number of ether oxygens (including phenoxy) is 3. The topological polar surface area (TPSA) is 56.8 Å². The van der Waals surface area contributed by atoms with E-state index in [0.29, 0.717) is 22.8 Å². The van der Waals surface area contributed by atoms with Gasteiger partial charge in [0.15, 0.2) is 17.3 Å². The number of methoxy groups -OCH3 is 3. The maximum atomic E-state index is 12.4. The second-order valence-corrected chi connectivity index (χ2v) is 4.98. The van der Waals surface area contributed by atoms with Crippen molar-refractivity contribution >= 4 is 17.5 Å². The van der Waals surface area contributed by atoms with E-state index in [1.165, 1.54) is 6.08 Å². The molecule has 0 amide bonds. The highest BCUT2D eigenvalue weighted by Crippen LogP contribution is 2.35. The predicted molar refractivity (Wildman–Crippen MR) is 95.5 cm³/mol. The maximum absolute atomic E-state index is 12.4. The molecule has 0 saturated heterocycles. The van der Waals surface area contributed by atoms with Crippen LogP contribution in [0.2, 0.25) is 0 Å². The molecule has 0 bridgehead atoms. The zero-order chi connectivity index (χ0) is 17.5. The van der Waals surface area contributed by atoms with Crippen molar-refractivity contribution in [3.8, 4) is 17.2 Å². The molecule has 1 N–H and O–H groups in total. The molecule has 0 spiro atoms. The Morgan fingerprint density at radius 3 is 2.25 bits per heavy atom. The summed E-state index contributed by atoms with van der Waals surface area (Å²) in [6.07, 6.45) is 3.22. The van der Waals surface area contributed by atoms with Gasteiger partial charge in [-0.05, 0) is 30.4 Å². The number of hydrogen-bond acceptors (Lipinski definition) is 5. The first kappa shape index (κ1) is 17.4. The molecular weight excluding hydrogens is 306 g/mol. The predicted octanol–water partition coefficient (Wildman–Crippen LogP) is 3.65. The monoisotopic (exact) mass is 327 g/mol. The highest BCUT2D eigenvalue weighted by atomic mass is 16.5. The molecule has 0 aliphatic heterocycles. The van der Waals surface area contributed by atoms with Crippen LogP contribution in [-0.2, 0) is 0 Å². The Kier molecular flexibility index (Phi) is 5.84. The summed E-state index contributed by atoms with van der Waals surface area (Å²) in [5.41, 5.74) is 2.23. The second-order valence-electron chi connectivity index (χ2n) is 4.98. The van der Waals surface area contributed by atoms with Crippen LogP contribution in [0.25, 0.3) is 6.08 Å². The lowest BCUT2D eigenvalue weighted by Gasteiger charge is -2.12. The van der Waals surface area contributed by atoms with Gasteiger partial charge in [-0.15, -0.1) is 0 Å². The van der Waals surface area contributed by atoms with Crippen LogP contribution in [-0.4, -0.2) is 34.2 Å². The van der Waals surface area contributed by atoms with Crippen molar-refractivity contribution in [2.24, 2.45) is 0 Å². The molecule has 24 heavy (non-hydrogen) atoms. The van der Waals surface area contributed by atoms with E-state index in [2.05, 4.69) is 5.32 Å². The van der Waals surface area contributed by atoms with Gasteiger partial charge < -0.3 is 19.5 Å². The molecule has 2 rings (SSSR count). The Bertz CT molecular complexity index is 753. The summed E-state index contributed by atoms with van der Waals surface area (Å²) in [7, 11) is 6.50. The van der Waals surface area contributed by atoms with Crippen LogP contribution >= 0.6 is 0 Å². The quantitative estimate of drug-likeness (QED) is 0.621. The van der Waals surface area contributed by atoms with Gasteiger partial charge in [0.2, 0.25) is 0 Å². The third kappa shape index (κ3) is 3.87. The number of carbonyl (C=O) groups excluding carboxylic acids is 1. The molecule has 0 aliphatic carbocycles. The van der Waals surface area contributed by atoms with Crippen molar-refractivity contribution in [1.29, 1.82) is 0 Å². The number of anilines is 1. The van der Waals surface area contributed by atoms with E-state index in [-0.39, 0.29) is 5.78 Å². The van der Waals surface area contributed by atoms with Crippen LogP contribution in [0.3, 0.4) is 0 Å². The summed E-state index contributed by atoms with van der Waals surface area (Å²) < 4.78 is 15.9. The summed E-state index contributed by atoms with van der Waals surface area (Å²) in [5, 5.41) is 3.02. The van der Waals surface area contributed by atoms with E-state index in [1.54, 1.807) is 51.7 Å². The molecule has 0 radical (unpaired) electrons. The highest BCUT2D eigenvalue weighted by Gasteiger charge is 2.10. The average Bonchev–Trinajstić information content (AvgIpc) is 2.65. The summed E-state index contributed by atoms with van der Waals surface area (Å²) in [6, 6.07) is 10.8. The molecule has 0 aromatic heterocycles. The smallest absolute Gasteiger partial charge is 0.185 e. The van der Waals surface area contributed by atoms with Gasteiger partial charge in [-0.1, -0.05) is 12.1 Å². The van der Waals surface area contributed by atoms with Crippen molar-refractivity contribution in [3.63, 3.8) is 0 Å². The van der Waals surface area contributed by atoms with Crippen LogP contribution in [0.5, 0.6) is 17.2 Å². The lowest BCUT2D eigenvalue weighted by molar-refractivity contribution is 0.104. The van der Waals surface area contributed by atoms with Crippen molar-refractivity contribution in [2.45, 2.75) is 0 Å². The molecule has 0 fully saturated rings. The van der Waals surface area contributed by atoms with Gasteiger partial charge in [0, 0.05) is 29.9 Å². The highest BCUT2D eigenvalue weighted by molar-refractivity contribution is 6.07. The Hall–Kier alpha value is -2.95. The summed E-state index contributed by atoms with van der Waals surface area (Å²) in [6.45, 7) is 0. The van der Waals surface area contributed by atoms with Crippen LogP contribution in [0.4, 0.5) is 5.69 Å². The van der Waals surface area contributed by atoms with E-state index >= 15 is 0 Å². The fourth-order valence-electron chi connectivity index (χ4n) is 2.27. The molecular formula is C19H21NO4. The first-order valence-electron chi connectivity index (χ1n) is 7.43. The maximum Gasteiger partial charge on any atom is 0.185 e. The minimum atomic E-state index is -0.0936. The van der Waals surface area contributed by atoms with Gasteiger partial charge in [-0.3, -0.25) is 4.79 Å². The van der Waals surface area contributed by atoms with Gasteiger partial charge in [0.25, 0.3) is 0 Å². The third-order valence-electron chi connectivity index (χ3n) is 3.59. The Morgan fingerprint density at radius 1 is 0.958 bits per heavy atom. The zero-order valence-corrected chi connectivity index (χ0v) is 14.3. The molecule has 5 heteroatoms. The molecule has 126 valence electrons. The number of carbonyl (C=O) groups is 1. The lowest BCUT2D eigenvalue weighted by atomic mass is 10.1. The number of nitrogens with one attached hydrogen (secondary N) is 1. The number of benzene rings is 2. The van der Waals surface area contributed by atoms with Gasteiger partial charge in [-0.25, -0.2) is 0 Å². The largest absolute Gasteiger partial charge is 0.496 e. The second kappa shape index (κ2) is 8.06. The molecule has 0 unspecified atom stereocenters. The number of allylic oxidation sites excluding steroid dienone is 1. The van der Waals surface area contributed by atoms with Gasteiger partial charge in [0.05, 0.1) is 21.3 Å². The fourth-order valence-corrected chi connectivity index (χ4v) is 2.27. The summed E-state index contributed by atoms with van der Waals surface area (Å²) in [5.74, 6) is 1.65. The van der Waals surface area contributed by atoms with E-state index in [1.807, 2.05) is 19.2 Å².